The average Bonchev–Trinajstić information content (AvgIpc) is 2.37. The fraction of sp³-hybridized carbons (Fsp3) is 0.846. The van der Waals surface area contributed by atoms with Crippen LogP contribution in [0, 0.1) is 0 Å². The van der Waals surface area contributed by atoms with Crippen molar-refractivity contribution < 1.29 is 14.7 Å². The summed E-state index contributed by atoms with van der Waals surface area (Å²) >= 11 is 0. The third-order valence-corrected chi connectivity index (χ3v) is 2.94. The number of nitrogens with one attached hydrogen (secondary N) is 1. The summed E-state index contributed by atoms with van der Waals surface area (Å²) in [6, 6.07) is -0.789. The fourth-order valence-corrected chi connectivity index (χ4v) is 1.80. The Hall–Kier alpha value is -1.14. The number of hydrogen-bond donors (Lipinski definition) is 4. The Balaban J connectivity index is 3.80. The number of carboxylic acid groups (broad SMARTS) is 1. The van der Waals surface area contributed by atoms with Crippen LogP contribution < -0.4 is 16.8 Å². The Bertz CT molecular complexity index is 260. The van der Waals surface area contributed by atoms with Crippen molar-refractivity contribution in [3.05, 3.63) is 0 Å². The van der Waals surface area contributed by atoms with Crippen LogP contribution in [0.1, 0.15) is 51.4 Å². The number of carboxylic acids is 1. The van der Waals surface area contributed by atoms with E-state index in [0.29, 0.717) is 32.4 Å². The van der Waals surface area contributed by atoms with Gasteiger partial charge in [0, 0.05) is 6.42 Å². The van der Waals surface area contributed by atoms with Gasteiger partial charge in [-0.15, -0.1) is 0 Å². The van der Waals surface area contributed by atoms with Crippen molar-refractivity contribution in [2.45, 2.75) is 57.4 Å². The number of nitrogens with two attached hydrogens (primary N) is 2. The molecule has 6 nitrogen and oxygen atoms in total. The van der Waals surface area contributed by atoms with Crippen LogP contribution in [0.5, 0.6) is 0 Å². The molecule has 0 heterocycles. The van der Waals surface area contributed by atoms with Crippen LogP contribution in [0.15, 0.2) is 0 Å². The zero-order valence-corrected chi connectivity index (χ0v) is 11.6. The van der Waals surface area contributed by atoms with E-state index in [4.69, 9.17) is 16.6 Å². The molecular weight excluding hydrogens is 246 g/mol. The summed E-state index contributed by atoms with van der Waals surface area (Å²) in [5.41, 5.74) is 10.7. The highest BCUT2D eigenvalue weighted by Crippen LogP contribution is 2.04. The monoisotopic (exact) mass is 273 g/mol. The number of hydrogen-bond acceptors (Lipinski definition) is 4. The molecule has 0 aliphatic carbocycles. The molecule has 0 radical (unpaired) electrons. The maximum atomic E-state index is 11.6. The van der Waals surface area contributed by atoms with E-state index in [1.807, 2.05) is 0 Å². The van der Waals surface area contributed by atoms with Gasteiger partial charge in [-0.05, 0) is 45.2 Å². The molecule has 0 aliphatic heterocycles. The largest absolute Gasteiger partial charge is 0.480 e. The minimum atomic E-state index is -0.978. The summed E-state index contributed by atoms with van der Waals surface area (Å²) in [6.07, 6.45) is 6.03. The molecule has 0 aromatic carbocycles. The highest BCUT2D eigenvalue weighted by atomic mass is 16.4. The Morgan fingerprint density at radius 3 is 2.11 bits per heavy atom. The van der Waals surface area contributed by atoms with E-state index >= 15 is 0 Å². The van der Waals surface area contributed by atoms with Crippen molar-refractivity contribution in [1.82, 2.24) is 5.32 Å². The lowest BCUT2D eigenvalue weighted by atomic mass is 10.1. The molecule has 0 bridgehead atoms. The maximum absolute atomic E-state index is 11.6. The van der Waals surface area contributed by atoms with E-state index < -0.39 is 12.0 Å². The summed E-state index contributed by atoms with van der Waals surface area (Å²) in [5, 5.41) is 11.6. The van der Waals surface area contributed by atoms with Gasteiger partial charge in [-0.2, -0.15) is 0 Å². The molecule has 0 spiro atoms. The van der Waals surface area contributed by atoms with Crippen molar-refractivity contribution in [1.29, 1.82) is 0 Å². The molecule has 0 aromatic heterocycles. The Labute approximate surface area is 114 Å². The lowest BCUT2D eigenvalue weighted by molar-refractivity contribution is -0.142. The van der Waals surface area contributed by atoms with Crippen LogP contribution in [-0.4, -0.2) is 36.1 Å². The van der Waals surface area contributed by atoms with E-state index in [9.17, 15) is 9.59 Å². The van der Waals surface area contributed by atoms with E-state index in [-0.39, 0.29) is 5.91 Å². The molecule has 0 aromatic rings. The van der Waals surface area contributed by atoms with Gasteiger partial charge >= 0.3 is 5.97 Å². The van der Waals surface area contributed by atoms with Gasteiger partial charge in [0.2, 0.25) is 5.91 Å². The molecule has 1 atom stereocenters. The molecule has 112 valence electrons. The van der Waals surface area contributed by atoms with Crippen molar-refractivity contribution >= 4 is 11.9 Å². The second-order valence-corrected chi connectivity index (χ2v) is 4.70. The van der Waals surface area contributed by atoms with Gasteiger partial charge in [0.1, 0.15) is 6.04 Å². The first-order chi connectivity index (χ1) is 9.11. The van der Waals surface area contributed by atoms with Crippen LogP contribution in [-0.2, 0) is 9.59 Å². The van der Waals surface area contributed by atoms with Crippen LogP contribution in [0.4, 0.5) is 0 Å². The van der Waals surface area contributed by atoms with Gasteiger partial charge in [0.25, 0.3) is 0 Å². The van der Waals surface area contributed by atoms with E-state index in [1.165, 1.54) is 0 Å². The lowest BCUT2D eigenvalue weighted by Crippen LogP contribution is -2.40. The first-order valence-electron chi connectivity index (χ1n) is 7.04. The summed E-state index contributed by atoms with van der Waals surface area (Å²) in [7, 11) is 0. The van der Waals surface area contributed by atoms with Gasteiger partial charge in [-0.25, -0.2) is 4.79 Å². The predicted molar refractivity (Wildman–Crippen MR) is 74.6 cm³/mol. The molecule has 0 unspecified atom stereocenters. The summed E-state index contributed by atoms with van der Waals surface area (Å²) < 4.78 is 0. The number of rotatable bonds is 12. The first kappa shape index (κ1) is 17.9. The lowest BCUT2D eigenvalue weighted by Gasteiger charge is -2.14. The highest BCUT2D eigenvalue weighted by molar-refractivity contribution is 5.83. The molecule has 0 fully saturated rings. The fourth-order valence-electron chi connectivity index (χ4n) is 1.80. The average molecular weight is 273 g/mol. The molecule has 0 rings (SSSR count). The molecular formula is C13H27N3O3. The van der Waals surface area contributed by atoms with Crippen molar-refractivity contribution in [2.24, 2.45) is 11.5 Å². The minimum Gasteiger partial charge on any atom is -0.480 e. The smallest absolute Gasteiger partial charge is 0.326 e. The van der Waals surface area contributed by atoms with Gasteiger partial charge in [-0.3, -0.25) is 4.79 Å². The van der Waals surface area contributed by atoms with E-state index in [0.717, 1.165) is 32.1 Å². The second kappa shape index (κ2) is 11.9. The quantitative estimate of drug-likeness (QED) is 0.388. The molecule has 0 saturated heterocycles. The third kappa shape index (κ3) is 10.5. The summed E-state index contributed by atoms with van der Waals surface area (Å²) in [6.45, 7) is 1.22. The molecule has 6 N–H and O–H groups in total. The molecule has 6 heteroatoms. The predicted octanol–water partition coefficient (Wildman–Crippen LogP) is 0.594. The summed E-state index contributed by atoms with van der Waals surface area (Å²) in [4.78, 5) is 22.6. The zero-order valence-electron chi connectivity index (χ0n) is 11.6. The number of amides is 1. The second-order valence-electron chi connectivity index (χ2n) is 4.70. The van der Waals surface area contributed by atoms with E-state index in [2.05, 4.69) is 5.32 Å². The molecule has 0 saturated carbocycles. The summed E-state index contributed by atoms with van der Waals surface area (Å²) in [5.74, 6) is -1.17. The SMILES string of the molecule is NCCCCCCC(=O)N[C@@H](CCCCN)C(=O)O. The van der Waals surface area contributed by atoms with Crippen molar-refractivity contribution in [2.75, 3.05) is 13.1 Å². The molecule has 1 amide bonds. The molecule has 0 aliphatic rings. The standard InChI is InChI=1S/C13H27N3O3/c14-9-5-2-1-3-8-12(17)16-11(13(18)19)7-4-6-10-15/h11H,1-10,14-15H2,(H,16,17)(H,18,19)/t11-/m0/s1. The normalized spacial score (nSPS) is 12.1. The molecule has 19 heavy (non-hydrogen) atoms. The van der Waals surface area contributed by atoms with Crippen molar-refractivity contribution in [3.63, 3.8) is 0 Å². The van der Waals surface area contributed by atoms with Gasteiger partial charge in [0.05, 0.1) is 0 Å². The Morgan fingerprint density at radius 2 is 1.53 bits per heavy atom. The number of unbranched alkanes of at least 4 members (excludes halogenated alkanes) is 4. The third-order valence-electron chi connectivity index (χ3n) is 2.94. The Morgan fingerprint density at radius 1 is 0.947 bits per heavy atom. The van der Waals surface area contributed by atoms with Crippen LogP contribution >= 0.6 is 0 Å². The number of carbonyl (C=O) groups excluding carboxylic acids is 1. The van der Waals surface area contributed by atoms with Gasteiger partial charge in [-0.1, -0.05) is 12.8 Å². The topological polar surface area (TPSA) is 118 Å². The van der Waals surface area contributed by atoms with Crippen molar-refractivity contribution in [3.8, 4) is 0 Å². The van der Waals surface area contributed by atoms with Crippen LogP contribution in [0.3, 0.4) is 0 Å². The van der Waals surface area contributed by atoms with E-state index in [1.54, 1.807) is 0 Å². The zero-order chi connectivity index (χ0) is 14.5. The first-order valence-corrected chi connectivity index (χ1v) is 7.04. The van der Waals surface area contributed by atoms with Gasteiger partial charge < -0.3 is 21.9 Å². The highest BCUT2D eigenvalue weighted by Gasteiger charge is 2.18. The number of carbonyl (C=O) groups is 2. The maximum Gasteiger partial charge on any atom is 0.326 e. The Kier molecular flexibility index (Phi) is 11.2. The van der Waals surface area contributed by atoms with Crippen LogP contribution in [0.25, 0.3) is 0 Å². The number of aliphatic carboxylic acids is 1. The van der Waals surface area contributed by atoms with Gasteiger partial charge in [0.15, 0.2) is 0 Å². The van der Waals surface area contributed by atoms with Crippen LogP contribution in [0.2, 0.25) is 0 Å². The minimum absolute atomic E-state index is 0.187.